The van der Waals surface area contributed by atoms with Crippen LogP contribution >= 0.6 is 0 Å². The average Bonchev–Trinajstić information content (AvgIpc) is 2.53. The SMILES string of the molecule is CCCNCC(COC)N1CCCOC(C)C1. The fraction of sp³-hybridized carbons (Fsp3) is 1.00. The zero-order valence-corrected chi connectivity index (χ0v) is 11.6. The van der Waals surface area contributed by atoms with Crippen molar-refractivity contribution in [1.29, 1.82) is 0 Å². The van der Waals surface area contributed by atoms with Gasteiger partial charge < -0.3 is 14.8 Å². The first kappa shape index (κ1) is 14.9. The van der Waals surface area contributed by atoms with Crippen LogP contribution < -0.4 is 5.32 Å². The van der Waals surface area contributed by atoms with Crippen LogP contribution in [0.15, 0.2) is 0 Å². The second-order valence-electron chi connectivity index (χ2n) is 4.84. The van der Waals surface area contributed by atoms with E-state index >= 15 is 0 Å². The van der Waals surface area contributed by atoms with Gasteiger partial charge in [0.25, 0.3) is 0 Å². The number of methoxy groups -OCH3 is 1. The highest BCUT2D eigenvalue weighted by atomic mass is 16.5. The van der Waals surface area contributed by atoms with Gasteiger partial charge in [0.15, 0.2) is 0 Å². The lowest BCUT2D eigenvalue weighted by atomic mass is 10.2. The van der Waals surface area contributed by atoms with E-state index in [2.05, 4.69) is 24.1 Å². The van der Waals surface area contributed by atoms with Crippen LogP contribution in [0.1, 0.15) is 26.7 Å². The first-order chi connectivity index (χ1) is 8.27. The molecule has 0 saturated carbocycles. The van der Waals surface area contributed by atoms with E-state index in [1.54, 1.807) is 7.11 Å². The molecular formula is C13H28N2O2. The van der Waals surface area contributed by atoms with Crippen molar-refractivity contribution in [1.82, 2.24) is 10.2 Å². The van der Waals surface area contributed by atoms with E-state index in [1.165, 1.54) is 6.42 Å². The Morgan fingerprint density at radius 2 is 2.35 bits per heavy atom. The molecule has 0 aromatic carbocycles. The van der Waals surface area contributed by atoms with Gasteiger partial charge in [0.1, 0.15) is 0 Å². The Morgan fingerprint density at radius 1 is 1.53 bits per heavy atom. The molecule has 1 aliphatic rings. The van der Waals surface area contributed by atoms with Crippen molar-refractivity contribution >= 4 is 0 Å². The molecule has 1 aliphatic heterocycles. The summed E-state index contributed by atoms with van der Waals surface area (Å²) in [5.74, 6) is 0. The monoisotopic (exact) mass is 244 g/mol. The normalized spacial score (nSPS) is 24.5. The molecule has 1 N–H and O–H groups in total. The Labute approximate surface area is 106 Å². The molecule has 17 heavy (non-hydrogen) atoms. The largest absolute Gasteiger partial charge is 0.383 e. The topological polar surface area (TPSA) is 33.7 Å². The van der Waals surface area contributed by atoms with Gasteiger partial charge in [-0.05, 0) is 26.3 Å². The zero-order valence-electron chi connectivity index (χ0n) is 11.6. The van der Waals surface area contributed by atoms with Crippen molar-refractivity contribution in [3.63, 3.8) is 0 Å². The first-order valence-corrected chi connectivity index (χ1v) is 6.83. The molecule has 2 unspecified atom stereocenters. The molecule has 1 fully saturated rings. The zero-order chi connectivity index (χ0) is 12.5. The molecule has 4 heteroatoms. The summed E-state index contributed by atoms with van der Waals surface area (Å²) in [6, 6.07) is 0.468. The van der Waals surface area contributed by atoms with E-state index in [1.807, 2.05) is 0 Å². The molecule has 102 valence electrons. The lowest BCUT2D eigenvalue weighted by molar-refractivity contribution is 0.0453. The maximum Gasteiger partial charge on any atom is 0.0674 e. The van der Waals surface area contributed by atoms with Crippen LogP contribution in [0.25, 0.3) is 0 Å². The van der Waals surface area contributed by atoms with Crippen molar-refractivity contribution in [2.75, 3.05) is 46.5 Å². The van der Waals surface area contributed by atoms with E-state index in [0.717, 1.165) is 45.8 Å². The Kier molecular flexibility index (Phi) is 7.77. The Balaban J connectivity index is 2.42. The summed E-state index contributed by atoms with van der Waals surface area (Å²) in [4.78, 5) is 2.50. The van der Waals surface area contributed by atoms with Crippen LogP contribution in [0.5, 0.6) is 0 Å². The van der Waals surface area contributed by atoms with Gasteiger partial charge in [-0.2, -0.15) is 0 Å². The Bertz CT molecular complexity index is 190. The van der Waals surface area contributed by atoms with Crippen LogP contribution in [0, 0.1) is 0 Å². The summed E-state index contributed by atoms with van der Waals surface area (Å²) in [6.45, 7) is 10.3. The van der Waals surface area contributed by atoms with E-state index in [-0.39, 0.29) is 0 Å². The third kappa shape index (κ3) is 5.82. The Hall–Kier alpha value is -0.160. The molecule has 0 aliphatic carbocycles. The van der Waals surface area contributed by atoms with Gasteiger partial charge in [-0.3, -0.25) is 4.90 Å². The maximum atomic E-state index is 5.68. The summed E-state index contributed by atoms with van der Waals surface area (Å²) < 4.78 is 11.0. The quantitative estimate of drug-likeness (QED) is 0.680. The summed E-state index contributed by atoms with van der Waals surface area (Å²) in [7, 11) is 1.78. The standard InChI is InChI=1S/C13H28N2O2/c1-4-6-14-9-13(11-16-3)15-7-5-8-17-12(2)10-15/h12-14H,4-11H2,1-3H3. The molecule has 0 aromatic rings. The molecule has 1 rings (SSSR count). The van der Waals surface area contributed by atoms with Gasteiger partial charge in [0.2, 0.25) is 0 Å². The van der Waals surface area contributed by atoms with Gasteiger partial charge in [0.05, 0.1) is 12.7 Å². The number of nitrogens with zero attached hydrogens (tertiary/aromatic N) is 1. The smallest absolute Gasteiger partial charge is 0.0674 e. The van der Waals surface area contributed by atoms with Crippen LogP contribution in [0.4, 0.5) is 0 Å². The highest BCUT2D eigenvalue weighted by molar-refractivity contribution is 4.77. The van der Waals surface area contributed by atoms with Crippen molar-refractivity contribution in [3.05, 3.63) is 0 Å². The van der Waals surface area contributed by atoms with E-state index < -0.39 is 0 Å². The van der Waals surface area contributed by atoms with Crippen LogP contribution in [-0.2, 0) is 9.47 Å². The summed E-state index contributed by atoms with van der Waals surface area (Å²) in [6.07, 6.45) is 2.64. The van der Waals surface area contributed by atoms with Crippen molar-refractivity contribution < 1.29 is 9.47 Å². The molecule has 0 spiro atoms. The summed E-state index contributed by atoms with van der Waals surface area (Å²) >= 11 is 0. The molecule has 0 amide bonds. The predicted molar refractivity (Wildman–Crippen MR) is 70.4 cm³/mol. The molecule has 0 radical (unpaired) electrons. The fourth-order valence-corrected chi connectivity index (χ4v) is 2.29. The second kappa shape index (κ2) is 8.86. The minimum Gasteiger partial charge on any atom is -0.383 e. The molecule has 1 saturated heterocycles. The lowest BCUT2D eigenvalue weighted by Crippen LogP contribution is -2.47. The molecule has 4 nitrogen and oxygen atoms in total. The minimum atomic E-state index is 0.336. The summed E-state index contributed by atoms with van der Waals surface area (Å²) in [5.41, 5.74) is 0. The lowest BCUT2D eigenvalue weighted by Gasteiger charge is -2.31. The molecule has 0 bridgehead atoms. The fourth-order valence-electron chi connectivity index (χ4n) is 2.29. The van der Waals surface area contributed by atoms with Gasteiger partial charge >= 0.3 is 0 Å². The van der Waals surface area contributed by atoms with Gasteiger partial charge in [-0.1, -0.05) is 6.92 Å². The third-order valence-electron chi connectivity index (χ3n) is 3.17. The minimum absolute atomic E-state index is 0.336. The Morgan fingerprint density at radius 3 is 3.06 bits per heavy atom. The van der Waals surface area contributed by atoms with Gasteiger partial charge in [0, 0.05) is 39.4 Å². The predicted octanol–water partition coefficient (Wildman–Crippen LogP) is 1.11. The van der Waals surface area contributed by atoms with E-state index in [0.29, 0.717) is 12.1 Å². The van der Waals surface area contributed by atoms with E-state index in [9.17, 15) is 0 Å². The summed E-state index contributed by atoms with van der Waals surface area (Å²) in [5, 5.41) is 3.49. The highest BCUT2D eigenvalue weighted by Gasteiger charge is 2.22. The average molecular weight is 244 g/mol. The van der Waals surface area contributed by atoms with Crippen molar-refractivity contribution in [3.8, 4) is 0 Å². The maximum absolute atomic E-state index is 5.68. The molecule has 1 heterocycles. The number of nitrogens with one attached hydrogen (secondary N) is 1. The van der Waals surface area contributed by atoms with Gasteiger partial charge in [-0.15, -0.1) is 0 Å². The second-order valence-corrected chi connectivity index (χ2v) is 4.84. The molecular weight excluding hydrogens is 216 g/mol. The third-order valence-corrected chi connectivity index (χ3v) is 3.17. The number of rotatable bonds is 7. The highest BCUT2D eigenvalue weighted by Crippen LogP contribution is 2.09. The number of hydrogen-bond acceptors (Lipinski definition) is 4. The number of hydrogen-bond donors (Lipinski definition) is 1. The van der Waals surface area contributed by atoms with Gasteiger partial charge in [-0.25, -0.2) is 0 Å². The molecule has 0 aromatic heterocycles. The van der Waals surface area contributed by atoms with Crippen molar-refractivity contribution in [2.45, 2.75) is 38.8 Å². The van der Waals surface area contributed by atoms with E-state index in [4.69, 9.17) is 9.47 Å². The van der Waals surface area contributed by atoms with Crippen LogP contribution in [0.3, 0.4) is 0 Å². The van der Waals surface area contributed by atoms with Crippen LogP contribution in [0.2, 0.25) is 0 Å². The number of ether oxygens (including phenoxy) is 2. The molecule has 2 atom stereocenters. The van der Waals surface area contributed by atoms with Crippen molar-refractivity contribution in [2.24, 2.45) is 0 Å². The first-order valence-electron chi connectivity index (χ1n) is 6.83. The van der Waals surface area contributed by atoms with Crippen LogP contribution in [-0.4, -0.2) is 63.5 Å².